The van der Waals surface area contributed by atoms with Crippen LogP contribution >= 0.6 is 0 Å². The first-order chi connectivity index (χ1) is 18.5. The zero-order chi connectivity index (χ0) is 27.1. The van der Waals surface area contributed by atoms with Crippen LogP contribution in [0.15, 0.2) is 72.9 Å². The van der Waals surface area contributed by atoms with Crippen molar-refractivity contribution in [2.24, 2.45) is 0 Å². The van der Waals surface area contributed by atoms with Gasteiger partial charge in [-0.1, -0.05) is 36.4 Å². The van der Waals surface area contributed by atoms with Gasteiger partial charge in [-0.15, -0.1) is 0 Å². The number of aliphatic hydroxyl groups is 1. The van der Waals surface area contributed by atoms with Gasteiger partial charge in [-0.25, -0.2) is 0 Å². The van der Waals surface area contributed by atoms with Crippen LogP contribution in [0, 0.1) is 0 Å². The lowest BCUT2D eigenvalue weighted by atomic mass is 10.0. The molecular weight excluding hydrogens is 484 g/mol. The number of methoxy groups -OCH3 is 3. The topological polar surface area (TPSA) is 93.2 Å². The van der Waals surface area contributed by atoms with Gasteiger partial charge in [-0.05, 0) is 54.8 Å². The number of para-hydroxylation sites is 2. The largest absolute Gasteiger partial charge is 0.493 e. The Morgan fingerprint density at radius 3 is 2.24 bits per heavy atom. The zero-order valence-electron chi connectivity index (χ0n) is 22.1. The Labute approximate surface area is 222 Å². The summed E-state index contributed by atoms with van der Waals surface area (Å²) in [5.41, 5.74) is 3.50. The number of fused-ring (bicyclic) bond motifs is 1. The Morgan fingerprint density at radius 1 is 0.947 bits per heavy atom. The molecule has 0 bridgehead atoms. The van der Waals surface area contributed by atoms with E-state index < -0.39 is 12.1 Å². The van der Waals surface area contributed by atoms with Crippen LogP contribution in [0.5, 0.6) is 17.2 Å². The van der Waals surface area contributed by atoms with Crippen LogP contribution in [-0.4, -0.2) is 56.1 Å². The van der Waals surface area contributed by atoms with Crippen molar-refractivity contribution in [1.82, 2.24) is 4.98 Å². The summed E-state index contributed by atoms with van der Waals surface area (Å²) < 4.78 is 22.3. The number of rotatable bonds is 12. The molecule has 1 amide bonds. The molecule has 0 aliphatic rings. The number of nitrogens with zero attached hydrogens (tertiary/aromatic N) is 1. The molecule has 0 fully saturated rings. The number of anilines is 1. The summed E-state index contributed by atoms with van der Waals surface area (Å²) in [7, 11) is 4.65. The molecular formula is C30H34N2O6. The highest BCUT2D eigenvalue weighted by atomic mass is 16.5. The predicted octanol–water partition coefficient (Wildman–Crippen LogP) is 4.74. The number of hydrogen-bond acceptors (Lipinski definition) is 6. The predicted molar refractivity (Wildman–Crippen MR) is 147 cm³/mol. The first-order valence-electron chi connectivity index (χ1n) is 12.4. The molecule has 2 N–H and O–H groups in total. The van der Waals surface area contributed by atoms with E-state index >= 15 is 0 Å². The van der Waals surface area contributed by atoms with E-state index in [0.29, 0.717) is 29.4 Å². The number of nitrogens with one attached hydrogen (secondary N) is 1. The van der Waals surface area contributed by atoms with Gasteiger partial charge in [0.1, 0.15) is 6.10 Å². The summed E-state index contributed by atoms with van der Waals surface area (Å²) in [5, 5.41) is 11.5. The average molecular weight is 519 g/mol. The second-order valence-corrected chi connectivity index (χ2v) is 8.93. The molecule has 38 heavy (non-hydrogen) atoms. The maximum Gasteiger partial charge on any atom is 0.256 e. The molecule has 2 atom stereocenters. The monoisotopic (exact) mass is 518 g/mol. The van der Waals surface area contributed by atoms with E-state index in [1.807, 2.05) is 60.8 Å². The van der Waals surface area contributed by atoms with Gasteiger partial charge in [0.2, 0.25) is 5.75 Å². The second kappa shape index (κ2) is 12.5. The minimum atomic E-state index is -0.786. The van der Waals surface area contributed by atoms with Crippen molar-refractivity contribution in [3.8, 4) is 17.2 Å². The molecule has 1 aromatic heterocycles. The van der Waals surface area contributed by atoms with Gasteiger partial charge >= 0.3 is 0 Å². The number of carbonyl (C=O) groups excluding carboxylic acids is 1. The standard InChI is InChI=1S/C30H34N2O6/c1-20(38-19-21-14-27(35-2)29(37-4)28(15-21)36-3)30(34)32(23-10-6-5-7-11-23)24(18-33)16-22-17-31-26-13-9-8-12-25(22)26/h5-15,17,20,24,31,33H,16,18-19H2,1-4H3/t20?,24-/m1/s1. The van der Waals surface area contributed by atoms with Crippen molar-refractivity contribution in [3.63, 3.8) is 0 Å². The maximum atomic E-state index is 13.8. The second-order valence-electron chi connectivity index (χ2n) is 8.93. The van der Waals surface area contributed by atoms with Crippen LogP contribution in [0.3, 0.4) is 0 Å². The fourth-order valence-electron chi connectivity index (χ4n) is 4.61. The molecule has 4 rings (SSSR count). The van der Waals surface area contributed by atoms with Crippen molar-refractivity contribution in [2.75, 3.05) is 32.8 Å². The van der Waals surface area contributed by atoms with Gasteiger partial charge in [0.25, 0.3) is 5.91 Å². The summed E-state index contributed by atoms with van der Waals surface area (Å²) in [6.07, 6.45) is 1.62. The molecule has 0 aliphatic heterocycles. The van der Waals surface area contributed by atoms with Gasteiger partial charge in [0.15, 0.2) is 11.5 Å². The van der Waals surface area contributed by atoms with E-state index in [1.54, 1.807) is 45.3 Å². The van der Waals surface area contributed by atoms with Gasteiger partial charge in [-0.3, -0.25) is 4.79 Å². The number of amides is 1. The van der Waals surface area contributed by atoms with Crippen LogP contribution in [0.25, 0.3) is 10.9 Å². The fourth-order valence-corrected chi connectivity index (χ4v) is 4.61. The maximum absolute atomic E-state index is 13.8. The molecule has 4 aromatic rings. The molecule has 0 spiro atoms. The summed E-state index contributed by atoms with van der Waals surface area (Å²) in [6.45, 7) is 1.66. The van der Waals surface area contributed by atoms with E-state index in [-0.39, 0.29) is 19.1 Å². The summed E-state index contributed by atoms with van der Waals surface area (Å²) in [4.78, 5) is 18.7. The lowest BCUT2D eigenvalue weighted by Crippen LogP contribution is -2.48. The third-order valence-corrected chi connectivity index (χ3v) is 6.55. The van der Waals surface area contributed by atoms with E-state index in [0.717, 1.165) is 22.0 Å². The van der Waals surface area contributed by atoms with E-state index in [1.165, 1.54) is 0 Å². The number of hydrogen-bond donors (Lipinski definition) is 2. The van der Waals surface area contributed by atoms with E-state index in [2.05, 4.69) is 4.98 Å². The molecule has 1 unspecified atom stereocenters. The average Bonchev–Trinajstić information content (AvgIpc) is 3.37. The van der Waals surface area contributed by atoms with Gasteiger partial charge < -0.3 is 33.9 Å². The molecule has 8 nitrogen and oxygen atoms in total. The van der Waals surface area contributed by atoms with Crippen molar-refractivity contribution in [1.29, 1.82) is 0 Å². The Kier molecular flexibility index (Phi) is 8.89. The number of benzene rings is 3. The van der Waals surface area contributed by atoms with Gasteiger partial charge in [0, 0.05) is 22.8 Å². The number of ether oxygens (including phenoxy) is 4. The van der Waals surface area contributed by atoms with Crippen LogP contribution < -0.4 is 19.1 Å². The normalized spacial score (nSPS) is 12.7. The molecule has 0 saturated carbocycles. The van der Waals surface area contributed by atoms with Crippen molar-refractivity contribution < 1.29 is 28.8 Å². The van der Waals surface area contributed by atoms with E-state index in [9.17, 15) is 9.90 Å². The molecule has 1 heterocycles. The summed E-state index contributed by atoms with van der Waals surface area (Å²) >= 11 is 0. The molecule has 0 radical (unpaired) electrons. The summed E-state index contributed by atoms with van der Waals surface area (Å²) in [5.74, 6) is 1.26. The van der Waals surface area contributed by atoms with Crippen LogP contribution in [0.1, 0.15) is 18.1 Å². The molecule has 8 heteroatoms. The Morgan fingerprint density at radius 2 is 1.61 bits per heavy atom. The Hall–Kier alpha value is -4.01. The number of H-pyrrole nitrogens is 1. The first-order valence-corrected chi connectivity index (χ1v) is 12.4. The Bertz CT molecular complexity index is 1330. The quantitative estimate of drug-likeness (QED) is 0.282. The van der Waals surface area contributed by atoms with Crippen LogP contribution in [0.2, 0.25) is 0 Å². The first kappa shape index (κ1) is 27.0. The highest BCUT2D eigenvalue weighted by Gasteiger charge is 2.30. The highest BCUT2D eigenvalue weighted by molar-refractivity contribution is 5.97. The molecule has 0 saturated heterocycles. The SMILES string of the molecule is COc1cc(COC(C)C(=O)N(c2ccccc2)[C@@H](CO)Cc2c[nH]c3ccccc23)cc(OC)c1OC. The molecule has 3 aromatic carbocycles. The third kappa shape index (κ3) is 5.77. The van der Waals surface area contributed by atoms with Crippen LogP contribution in [0.4, 0.5) is 5.69 Å². The van der Waals surface area contributed by atoms with Crippen molar-refractivity contribution >= 4 is 22.5 Å². The van der Waals surface area contributed by atoms with Crippen LogP contribution in [-0.2, 0) is 22.6 Å². The number of aliphatic hydroxyl groups excluding tert-OH is 1. The fraction of sp³-hybridized carbons (Fsp3) is 0.300. The van der Waals surface area contributed by atoms with E-state index in [4.69, 9.17) is 18.9 Å². The molecule has 0 aliphatic carbocycles. The summed E-state index contributed by atoms with van der Waals surface area (Å²) in [6, 6.07) is 20.5. The Balaban J connectivity index is 1.57. The van der Waals surface area contributed by atoms with Gasteiger partial charge in [-0.2, -0.15) is 0 Å². The van der Waals surface area contributed by atoms with Gasteiger partial charge in [0.05, 0.1) is 40.6 Å². The minimum absolute atomic E-state index is 0.151. The van der Waals surface area contributed by atoms with Crippen molar-refractivity contribution in [2.45, 2.75) is 32.1 Å². The minimum Gasteiger partial charge on any atom is -0.493 e. The number of carbonyl (C=O) groups is 1. The molecule has 200 valence electrons. The lowest BCUT2D eigenvalue weighted by Gasteiger charge is -2.33. The smallest absolute Gasteiger partial charge is 0.256 e. The zero-order valence-corrected chi connectivity index (χ0v) is 22.1. The van der Waals surface area contributed by atoms with Crippen molar-refractivity contribution in [3.05, 3.63) is 84.1 Å². The number of aromatic nitrogens is 1. The third-order valence-electron chi connectivity index (χ3n) is 6.55. The highest BCUT2D eigenvalue weighted by Crippen LogP contribution is 2.38. The number of aromatic amines is 1. The lowest BCUT2D eigenvalue weighted by molar-refractivity contribution is -0.130.